The third kappa shape index (κ3) is 1.14. The second-order valence-electron chi connectivity index (χ2n) is 1.70. The van der Waals surface area contributed by atoms with E-state index in [-0.39, 0.29) is 13.4 Å². The second-order valence-corrected chi connectivity index (χ2v) is 1.70. The number of hydrogen-bond acceptors (Lipinski definition) is 2. The Hall–Kier alpha value is -0.695. The molecule has 0 aromatic heterocycles. The maximum Gasteiger partial charge on any atom is 0.297 e. The van der Waals surface area contributed by atoms with Crippen LogP contribution in [0.15, 0.2) is 24.4 Å². The van der Waals surface area contributed by atoms with Gasteiger partial charge in [-0.05, 0) is 12.3 Å². The van der Waals surface area contributed by atoms with Gasteiger partial charge >= 0.3 is 0 Å². The normalized spacial score (nSPS) is 24.9. The Labute approximate surface area is 49.2 Å². The van der Waals surface area contributed by atoms with Crippen LogP contribution < -0.4 is 5.32 Å². The molecule has 0 aromatic carbocycles. The maximum absolute atomic E-state index is 8.54. The van der Waals surface area contributed by atoms with Crippen LogP contribution in [0.3, 0.4) is 0 Å². The van der Waals surface area contributed by atoms with Crippen LogP contribution in [-0.4, -0.2) is 18.4 Å². The highest BCUT2D eigenvalue weighted by Crippen LogP contribution is 1.89. The van der Waals surface area contributed by atoms with E-state index in [1.807, 2.05) is 24.4 Å². The first kappa shape index (κ1) is 5.44. The predicted molar refractivity (Wildman–Crippen MR) is 34.6 cm³/mol. The molecule has 3 heteroatoms. The summed E-state index contributed by atoms with van der Waals surface area (Å²) in [4.78, 5) is 0. The van der Waals surface area contributed by atoms with Crippen LogP contribution in [0.1, 0.15) is 0 Å². The zero-order valence-electron chi connectivity index (χ0n) is 4.54. The summed E-state index contributed by atoms with van der Waals surface area (Å²) in [5.74, 6) is 0.125. The first-order valence-electron chi connectivity index (χ1n) is 2.64. The Bertz CT molecular complexity index is 122. The number of rotatable bonds is 1. The minimum Gasteiger partial charge on any atom is -0.451 e. The first-order chi connectivity index (χ1) is 3.93. The summed E-state index contributed by atoms with van der Waals surface area (Å²) in [5.41, 5.74) is 0. The van der Waals surface area contributed by atoms with Crippen molar-refractivity contribution >= 4 is 7.48 Å². The van der Waals surface area contributed by atoms with Crippen molar-refractivity contribution in [2.45, 2.75) is 5.94 Å². The van der Waals surface area contributed by atoms with Crippen LogP contribution in [0.2, 0.25) is 0 Å². The monoisotopic (exact) mass is 109 g/mol. The van der Waals surface area contributed by atoms with Crippen LogP contribution in [-0.2, 0) is 0 Å². The first-order valence-corrected chi connectivity index (χ1v) is 2.64. The molecule has 1 heterocycles. The number of nitrogens with one attached hydrogen (secondary N) is 1. The fourth-order valence-electron chi connectivity index (χ4n) is 0.602. The van der Waals surface area contributed by atoms with E-state index < -0.39 is 0 Å². The predicted octanol–water partition coefficient (Wildman–Crippen LogP) is -0.671. The molecule has 1 atom stereocenters. The van der Waals surface area contributed by atoms with Gasteiger partial charge < -0.3 is 10.3 Å². The van der Waals surface area contributed by atoms with Crippen molar-refractivity contribution in [1.29, 1.82) is 0 Å². The number of dihydropyridines is 1. The lowest BCUT2D eigenvalue weighted by Crippen LogP contribution is -2.29. The molecule has 0 saturated carbocycles. The fourth-order valence-corrected chi connectivity index (χ4v) is 0.602. The summed E-state index contributed by atoms with van der Waals surface area (Å²) in [6.45, 7) is 0. The highest BCUT2D eigenvalue weighted by molar-refractivity contribution is 6.28. The van der Waals surface area contributed by atoms with E-state index in [0.717, 1.165) is 0 Å². The smallest absolute Gasteiger partial charge is 0.297 e. The fraction of sp³-hybridized carbons (Fsp3) is 0.200. The van der Waals surface area contributed by atoms with Crippen molar-refractivity contribution in [3.63, 3.8) is 0 Å². The summed E-state index contributed by atoms with van der Waals surface area (Å²) in [5, 5.41) is 11.5. The summed E-state index contributed by atoms with van der Waals surface area (Å²) < 4.78 is 0. The molecular formula is C5H8BNO. The minimum atomic E-state index is 0.125. The van der Waals surface area contributed by atoms with Crippen molar-refractivity contribution in [3.05, 3.63) is 24.4 Å². The highest BCUT2D eigenvalue weighted by Gasteiger charge is 2.01. The van der Waals surface area contributed by atoms with E-state index in [2.05, 4.69) is 5.32 Å². The average molecular weight is 109 g/mol. The summed E-state index contributed by atoms with van der Waals surface area (Å²) in [7, 11) is 0.167. The Morgan fingerprint density at radius 2 is 2.38 bits per heavy atom. The van der Waals surface area contributed by atoms with Crippen molar-refractivity contribution in [2.75, 3.05) is 0 Å². The Morgan fingerprint density at radius 3 is 2.75 bits per heavy atom. The average Bonchev–Trinajstić information content (AvgIpc) is 1.90. The van der Waals surface area contributed by atoms with Crippen LogP contribution in [0.5, 0.6) is 0 Å². The molecule has 0 aromatic rings. The minimum absolute atomic E-state index is 0.125. The Kier molecular flexibility index (Phi) is 1.75. The molecule has 1 aliphatic heterocycles. The second kappa shape index (κ2) is 2.57. The summed E-state index contributed by atoms with van der Waals surface area (Å²) in [6.07, 6.45) is 7.55. The highest BCUT2D eigenvalue weighted by atomic mass is 16.2. The van der Waals surface area contributed by atoms with Crippen molar-refractivity contribution < 1.29 is 5.02 Å². The number of hydrogen-bond donors (Lipinski definition) is 2. The van der Waals surface area contributed by atoms with E-state index in [1.54, 1.807) is 0 Å². The van der Waals surface area contributed by atoms with Crippen molar-refractivity contribution in [3.8, 4) is 0 Å². The zero-order chi connectivity index (χ0) is 5.82. The van der Waals surface area contributed by atoms with Gasteiger partial charge in [-0.15, -0.1) is 0 Å². The SMILES string of the molecule is OB[C@H]1C=CC=CN1. The molecule has 0 saturated heterocycles. The number of allylic oxidation sites excluding steroid dienone is 2. The molecule has 2 N–H and O–H groups in total. The van der Waals surface area contributed by atoms with E-state index in [1.165, 1.54) is 0 Å². The van der Waals surface area contributed by atoms with Gasteiger partial charge in [0, 0.05) is 5.94 Å². The van der Waals surface area contributed by atoms with Gasteiger partial charge in [0.2, 0.25) is 0 Å². The third-order valence-electron chi connectivity index (χ3n) is 1.06. The van der Waals surface area contributed by atoms with Crippen LogP contribution in [0.25, 0.3) is 0 Å². The van der Waals surface area contributed by atoms with Gasteiger partial charge in [0.15, 0.2) is 0 Å². The van der Waals surface area contributed by atoms with Gasteiger partial charge in [-0.1, -0.05) is 12.2 Å². The maximum atomic E-state index is 8.54. The lowest BCUT2D eigenvalue weighted by Gasteiger charge is -2.09. The van der Waals surface area contributed by atoms with Crippen LogP contribution in [0.4, 0.5) is 0 Å². The zero-order valence-corrected chi connectivity index (χ0v) is 4.54. The van der Waals surface area contributed by atoms with E-state index >= 15 is 0 Å². The molecule has 1 aliphatic rings. The Balaban J connectivity index is 2.40. The summed E-state index contributed by atoms with van der Waals surface area (Å²) in [6, 6.07) is 0. The lowest BCUT2D eigenvalue weighted by molar-refractivity contribution is 0.582. The van der Waals surface area contributed by atoms with E-state index in [9.17, 15) is 0 Å². The van der Waals surface area contributed by atoms with E-state index in [0.29, 0.717) is 0 Å². The van der Waals surface area contributed by atoms with Gasteiger partial charge in [-0.3, -0.25) is 0 Å². The van der Waals surface area contributed by atoms with Crippen molar-refractivity contribution in [1.82, 2.24) is 5.32 Å². The molecule has 8 heavy (non-hydrogen) atoms. The van der Waals surface area contributed by atoms with Gasteiger partial charge in [-0.25, -0.2) is 0 Å². The third-order valence-corrected chi connectivity index (χ3v) is 1.06. The van der Waals surface area contributed by atoms with Gasteiger partial charge in [-0.2, -0.15) is 0 Å². The molecule has 0 unspecified atom stereocenters. The summed E-state index contributed by atoms with van der Waals surface area (Å²) >= 11 is 0. The molecule has 1 rings (SSSR count). The molecule has 0 radical (unpaired) electrons. The largest absolute Gasteiger partial charge is 0.451 e. The standard InChI is InChI=1S/C5H8BNO/c8-6-5-3-1-2-4-7-5/h1-8H/t5-/m1/s1. The van der Waals surface area contributed by atoms with Crippen molar-refractivity contribution in [2.24, 2.45) is 0 Å². The van der Waals surface area contributed by atoms with Gasteiger partial charge in [0.1, 0.15) is 0 Å². The van der Waals surface area contributed by atoms with Gasteiger partial charge in [0.05, 0.1) is 0 Å². The molecule has 0 aliphatic carbocycles. The van der Waals surface area contributed by atoms with Gasteiger partial charge in [0.25, 0.3) is 7.48 Å². The van der Waals surface area contributed by atoms with Crippen LogP contribution >= 0.6 is 0 Å². The Morgan fingerprint density at radius 1 is 1.50 bits per heavy atom. The molecule has 0 amide bonds. The topological polar surface area (TPSA) is 32.3 Å². The molecule has 2 nitrogen and oxygen atoms in total. The molecule has 42 valence electrons. The molecule has 0 spiro atoms. The molecular weight excluding hydrogens is 101 g/mol. The lowest BCUT2D eigenvalue weighted by atomic mass is 9.87. The van der Waals surface area contributed by atoms with Crippen LogP contribution in [0, 0.1) is 0 Å². The quantitative estimate of drug-likeness (QED) is 0.437. The van der Waals surface area contributed by atoms with E-state index in [4.69, 9.17) is 5.02 Å². The molecule has 0 bridgehead atoms. The molecule has 0 fully saturated rings.